The number of unbranched alkanes of at least 4 members (excludes halogenated alkanes) is 2. The van der Waals surface area contributed by atoms with Gasteiger partial charge in [0.2, 0.25) is 0 Å². The van der Waals surface area contributed by atoms with Crippen molar-refractivity contribution in [2.75, 3.05) is 25.0 Å². The van der Waals surface area contributed by atoms with Crippen molar-refractivity contribution in [2.45, 2.75) is 39.0 Å². The summed E-state index contributed by atoms with van der Waals surface area (Å²) in [6, 6.07) is 0. The monoisotopic (exact) mass is 326 g/mol. The highest BCUT2D eigenvalue weighted by molar-refractivity contribution is 9.09. The van der Waals surface area contributed by atoms with Crippen molar-refractivity contribution in [3.05, 3.63) is 0 Å². The van der Waals surface area contributed by atoms with Crippen molar-refractivity contribution in [1.82, 2.24) is 9.03 Å². The Bertz CT molecular complexity index is 301. The topological polar surface area (TPSA) is 49.4 Å². The molecule has 1 aliphatic heterocycles. The Morgan fingerprint density at radius 2 is 1.88 bits per heavy atom. The molecule has 1 aliphatic rings. The molecule has 102 valence electrons. The Balaban J connectivity index is 2.25. The third kappa shape index (κ3) is 5.68. The van der Waals surface area contributed by atoms with Crippen LogP contribution in [0.2, 0.25) is 0 Å². The second-order valence-electron chi connectivity index (χ2n) is 4.73. The maximum absolute atomic E-state index is 11.9. The van der Waals surface area contributed by atoms with Gasteiger partial charge in [0.25, 0.3) is 10.2 Å². The van der Waals surface area contributed by atoms with Gasteiger partial charge in [-0.1, -0.05) is 29.3 Å². The van der Waals surface area contributed by atoms with Crippen LogP contribution in [0, 0.1) is 5.92 Å². The Labute approximate surface area is 113 Å². The lowest BCUT2D eigenvalue weighted by Gasteiger charge is -2.29. The van der Waals surface area contributed by atoms with Crippen LogP contribution in [0.4, 0.5) is 0 Å². The molecule has 6 heteroatoms. The smallest absolute Gasteiger partial charge is 0.202 e. The highest BCUT2D eigenvalue weighted by Crippen LogP contribution is 2.17. The van der Waals surface area contributed by atoms with Crippen molar-refractivity contribution in [3.8, 4) is 0 Å². The summed E-state index contributed by atoms with van der Waals surface area (Å²) in [6.07, 6.45) is 5.03. The number of hydrogen-bond donors (Lipinski definition) is 1. The van der Waals surface area contributed by atoms with E-state index in [2.05, 4.69) is 27.6 Å². The predicted octanol–water partition coefficient (Wildman–Crippen LogP) is 2.12. The third-order valence-electron chi connectivity index (χ3n) is 3.18. The van der Waals surface area contributed by atoms with Gasteiger partial charge >= 0.3 is 0 Å². The average Bonchev–Trinajstić information content (AvgIpc) is 2.29. The number of rotatable bonds is 7. The minimum atomic E-state index is -3.22. The Morgan fingerprint density at radius 3 is 2.47 bits per heavy atom. The van der Waals surface area contributed by atoms with Gasteiger partial charge in [0.1, 0.15) is 0 Å². The highest BCUT2D eigenvalue weighted by atomic mass is 79.9. The van der Waals surface area contributed by atoms with Crippen molar-refractivity contribution < 1.29 is 8.42 Å². The molecule has 0 spiro atoms. The average molecular weight is 327 g/mol. The standard InChI is InChI=1S/C11H23BrN2O2S/c1-11-5-9-14(10-6-11)17(15,16)13-8-4-2-3-7-12/h11,13H,2-10H2,1H3. The zero-order chi connectivity index (χ0) is 12.7. The predicted molar refractivity (Wildman–Crippen MR) is 74.5 cm³/mol. The van der Waals surface area contributed by atoms with Gasteiger partial charge < -0.3 is 0 Å². The summed E-state index contributed by atoms with van der Waals surface area (Å²) in [5, 5.41) is 0.990. The van der Waals surface area contributed by atoms with Gasteiger partial charge in [-0.25, -0.2) is 4.72 Å². The van der Waals surface area contributed by atoms with E-state index in [-0.39, 0.29) is 0 Å². The maximum Gasteiger partial charge on any atom is 0.279 e. The fraction of sp³-hybridized carbons (Fsp3) is 1.00. The zero-order valence-electron chi connectivity index (χ0n) is 10.5. The first-order valence-corrected chi connectivity index (χ1v) is 8.93. The van der Waals surface area contributed by atoms with E-state index in [1.54, 1.807) is 4.31 Å². The molecule has 0 unspecified atom stereocenters. The van der Waals surface area contributed by atoms with Gasteiger partial charge in [0.05, 0.1) is 0 Å². The van der Waals surface area contributed by atoms with Crippen LogP contribution in [0.15, 0.2) is 0 Å². The van der Waals surface area contributed by atoms with Gasteiger partial charge in [-0.2, -0.15) is 12.7 Å². The molecule has 0 aliphatic carbocycles. The second kappa shape index (κ2) is 7.71. The molecule has 17 heavy (non-hydrogen) atoms. The molecule has 1 heterocycles. The number of nitrogens with one attached hydrogen (secondary N) is 1. The number of piperidine rings is 1. The van der Waals surface area contributed by atoms with E-state index >= 15 is 0 Å². The van der Waals surface area contributed by atoms with Crippen LogP contribution in [-0.2, 0) is 10.2 Å². The van der Waals surface area contributed by atoms with Crippen LogP contribution in [0.3, 0.4) is 0 Å². The number of alkyl halides is 1. The molecule has 1 N–H and O–H groups in total. The molecule has 0 atom stereocenters. The summed E-state index contributed by atoms with van der Waals surface area (Å²) in [5.41, 5.74) is 0. The minimum Gasteiger partial charge on any atom is -0.202 e. The molecule has 0 aromatic heterocycles. The fourth-order valence-electron chi connectivity index (χ4n) is 1.91. The van der Waals surface area contributed by atoms with Gasteiger partial charge in [-0.3, -0.25) is 0 Å². The van der Waals surface area contributed by atoms with E-state index in [0.29, 0.717) is 25.6 Å². The lowest BCUT2D eigenvalue weighted by atomic mass is 10.0. The van der Waals surface area contributed by atoms with E-state index in [9.17, 15) is 8.42 Å². The molecule has 0 aromatic rings. The van der Waals surface area contributed by atoms with Gasteiger partial charge in [-0.15, -0.1) is 0 Å². The molecule has 0 bridgehead atoms. The fourth-order valence-corrected chi connectivity index (χ4v) is 3.59. The maximum atomic E-state index is 11.9. The molecular weight excluding hydrogens is 304 g/mol. The summed E-state index contributed by atoms with van der Waals surface area (Å²) in [4.78, 5) is 0. The number of hydrogen-bond acceptors (Lipinski definition) is 2. The highest BCUT2D eigenvalue weighted by Gasteiger charge is 2.25. The Hall–Kier alpha value is 0.350. The Kier molecular flexibility index (Phi) is 6.99. The zero-order valence-corrected chi connectivity index (χ0v) is 12.9. The molecule has 0 radical (unpaired) electrons. The molecule has 0 amide bonds. The van der Waals surface area contributed by atoms with Crippen LogP contribution in [0.25, 0.3) is 0 Å². The summed E-state index contributed by atoms with van der Waals surface area (Å²) in [5.74, 6) is 0.653. The second-order valence-corrected chi connectivity index (χ2v) is 7.28. The van der Waals surface area contributed by atoms with E-state index < -0.39 is 10.2 Å². The van der Waals surface area contributed by atoms with Crippen molar-refractivity contribution in [2.24, 2.45) is 5.92 Å². The molecule has 1 saturated heterocycles. The molecule has 1 fully saturated rings. The first-order chi connectivity index (χ1) is 8.06. The Morgan fingerprint density at radius 1 is 1.24 bits per heavy atom. The van der Waals surface area contributed by atoms with Crippen LogP contribution in [0.1, 0.15) is 39.0 Å². The number of nitrogens with zero attached hydrogens (tertiary/aromatic N) is 1. The molecule has 4 nitrogen and oxygen atoms in total. The van der Waals surface area contributed by atoms with Gasteiger partial charge in [0.15, 0.2) is 0 Å². The van der Waals surface area contributed by atoms with E-state index in [0.717, 1.165) is 37.4 Å². The summed E-state index contributed by atoms with van der Waals surface area (Å²) in [6.45, 7) is 4.06. The first kappa shape index (κ1) is 15.4. The number of halogens is 1. The van der Waals surface area contributed by atoms with Crippen molar-refractivity contribution in [1.29, 1.82) is 0 Å². The van der Waals surface area contributed by atoms with Gasteiger partial charge in [0, 0.05) is 25.0 Å². The summed E-state index contributed by atoms with van der Waals surface area (Å²) in [7, 11) is -3.22. The largest absolute Gasteiger partial charge is 0.279 e. The lowest BCUT2D eigenvalue weighted by molar-refractivity contribution is 0.285. The molecule has 1 rings (SSSR count). The van der Waals surface area contributed by atoms with Crippen LogP contribution < -0.4 is 4.72 Å². The van der Waals surface area contributed by atoms with Crippen LogP contribution in [-0.4, -0.2) is 37.7 Å². The normalized spacial score (nSPS) is 19.6. The van der Waals surface area contributed by atoms with E-state index in [1.165, 1.54) is 0 Å². The summed E-state index contributed by atoms with van der Waals surface area (Å²) >= 11 is 3.36. The van der Waals surface area contributed by atoms with E-state index in [1.807, 2.05) is 0 Å². The molecule has 0 saturated carbocycles. The van der Waals surface area contributed by atoms with E-state index in [4.69, 9.17) is 0 Å². The SMILES string of the molecule is CC1CCN(S(=O)(=O)NCCCCCBr)CC1. The van der Waals surface area contributed by atoms with Crippen molar-refractivity contribution in [3.63, 3.8) is 0 Å². The van der Waals surface area contributed by atoms with Crippen LogP contribution in [0.5, 0.6) is 0 Å². The first-order valence-electron chi connectivity index (χ1n) is 6.37. The minimum absolute atomic E-state index is 0.557. The van der Waals surface area contributed by atoms with Crippen molar-refractivity contribution >= 4 is 26.1 Å². The van der Waals surface area contributed by atoms with Gasteiger partial charge in [-0.05, 0) is 31.6 Å². The summed E-state index contributed by atoms with van der Waals surface area (Å²) < 4.78 is 28.1. The molecular formula is C11H23BrN2O2S. The third-order valence-corrected chi connectivity index (χ3v) is 5.35. The lowest BCUT2D eigenvalue weighted by Crippen LogP contribution is -2.44. The van der Waals surface area contributed by atoms with Crippen LogP contribution >= 0.6 is 15.9 Å². The quantitative estimate of drug-likeness (QED) is 0.575. The molecule has 0 aromatic carbocycles.